The molecule has 4 nitrogen and oxygen atoms in total. The zero-order chi connectivity index (χ0) is 30.9. The molecule has 0 aliphatic carbocycles. The molecule has 0 aromatic rings. The summed E-state index contributed by atoms with van der Waals surface area (Å²) in [7, 11) is 0. The SMILES string of the molecule is CC/C=C\C/C=C\C/C=C\CCCCCCC(C(=O)O)C(CC/C=C\C/C=C\C/C=C\C/C=C\CCCCC)C(=O)O. The molecular formula is C38H60O4. The quantitative estimate of drug-likeness (QED) is 0.0713. The summed E-state index contributed by atoms with van der Waals surface area (Å²) >= 11 is 0. The van der Waals surface area contributed by atoms with Gasteiger partial charge in [0.25, 0.3) is 0 Å². The van der Waals surface area contributed by atoms with Crippen molar-refractivity contribution in [1.82, 2.24) is 0 Å². The highest BCUT2D eigenvalue weighted by Crippen LogP contribution is 2.25. The highest BCUT2D eigenvalue weighted by molar-refractivity contribution is 5.79. The van der Waals surface area contributed by atoms with Crippen LogP contribution < -0.4 is 0 Å². The molecule has 0 rings (SSSR count). The van der Waals surface area contributed by atoms with Gasteiger partial charge in [-0.15, -0.1) is 0 Å². The van der Waals surface area contributed by atoms with Crippen LogP contribution in [-0.2, 0) is 9.59 Å². The predicted molar refractivity (Wildman–Crippen MR) is 181 cm³/mol. The highest BCUT2D eigenvalue weighted by Gasteiger charge is 2.32. The molecule has 0 saturated heterocycles. The van der Waals surface area contributed by atoms with E-state index < -0.39 is 23.8 Å². The minimum Gasteiger partial charge on any atom is -0.481 e. The van der Waals surface area contributed by atoms with E-state index in [1.165, 1.54) is 25.7 Å². The van der Waals surface area contributed by atoms with Crippen molar-refractivity contribution >= 4 is 11.9 Å². The fraction of sp³-hybridized carbons (Fsp3) is 0.579. The zero-order valence-corrected chi connectivity index (χ0v) is 26.7. The molecule has 2 unspecified atom stereocenters. The first-order chi connectivity index (χ1) is 20.5. The number of allylic oxidation sites excluding steroid dienone is 14. The lowest BCUT2D eigenvalue weighted by molar-refractivity contribution is -0.154. The van der Waals surface area contributed by atoms with Gasteiger partial charge in [-0.2, -0.15) is 0 Å². The van der Waals surface area contributed by atoms with Crippen molar-refractivity contribution in [2.24, 2.45) is 11.8 Å². The minimum absolute atomic E-state index is 0.356. The van der Waals surface area contributed by atoms with E-state index in [2.05, 4.69) is 86.8 Å². The van der Waals surface area contributed by atoms with Crippen molar-refractivity contribution < 1.29 is 19.8 Å². The van der Waals surface area contributed by atoms with Gasteiger partial charge in [0.05, 0.1) is 11.8 Å². The first kappa shape index (κ1) is 39.1. The third kappa shape index (κ3) is 26.0. The summed E-state index contributed by atoms with van der Waals surface area (Å²) in [6.45, 7) is 4.36. The van der Waals surface area contributed by atoms with Crippen molar-refractivity contribution in [2.75, 3.05) is 0 Å². The summed E-state index contributed by atoms with van der Waals surface area (Å²) in [4.78, 5) is 23.7. The van der Waals surface area contributed by atoms with Gasteiger partial charge in [-0.1, -0.05) is 131 Å². The van der Waals surface area contributed by atoms with Gasteiger partial charge < -0.3 is 10.2 Å². The molecule has 2 atom stereocenters. The number of carbonyl (C=O) groups is 2. The molecule has 0 aliphatic heterocycles. The lowest BCUT2D eigenvalue weighted by atomic mass is 9.84. The van der Waals surface area contributed by atoms with Crippen molar-refractivity contribution in [3.8, 4) is 0 Å². The Morgan fingerprint density at radius 3 is 1.29 bits per heavy atom. The number of carboxylic acids is 2. The Balaban J connectivity index is 4.15. The molecule has 0 aromatic heterocycles. The highest BCUT2D eigenvalue weighted by atomic mass is 16.4. The zero-order valence-electron chi connectivity index (χ0n) is 26.7. The van der Waals surface area contributed by atoms with Crippen LogP contribution in [0, 0.1) is 11.8 Å². The molecule has 0 amide bonds. The molecular weight excluding hydrogens is 520 g/mol. The van der Waals surface area contributed by atoms with Crippen molar-refractivity contribution in [1.29, 1.82) is 0 Å². The van der Waals surface area contributed by atoms with Crippen molar-refractivity contribution in [3.63, 3.8) is 0 Å². The van der Waals surface area contributed by atoms with Crippen molar-refractivity contribution in [2.45, 2.75) is 129 Å². The lowest BCUT2D eigenvalue weighted by Crippen LogP contribution is -2.29. The normalized spacial score (nSPS) is 14.2. The van der Waals surface area contributed by atoms with E-state index in [0.29, 0.717) is 19.3 Å². The first-order valence-corrected chi connectivity index (χ1v) is 16.5. The van der Waals surface area contributed by atoms with Gasteiger partial charge in [0.15, 0.2) is 0 Å². The molecule has 0 aromatic carbocycles. The molecule has 0 heterocycles. The molecule has 0 bridgehead atoms. The smallest absolute Gasteiger partial charge is 0.307 e. The Hall–Kier alpha value is -2.88. The number of aliphatic carboxylic acids is 2. The number of unbranched alkanes of at least 4 members (excludes halogenated alkanes) is 7. The second-order valence-electron chi connectivity index (χ2n) is 10.8. The maximum Gasteiger partial charge on any atom is 0.307 e. The topological polar surface area (TPSA) is 74.6 Å². The van der Waals surface area contributed by atoms with Gasteiger partial charge in [0.2, 0.25) is 0 Å². The second-order valence-corrected chi connectivity index (χ2v) is 10.8. The maximum absolute atomic E-state index is 11.9. The molecule has 2 N–H and O–H groups in total. The van der Waals surface area contributed by atoms with Crippen LogP contribution in [0.2, 0.25) is 0 Å². The minimum atomic E-state index is -1.00. The number of hydrogen-bond acceptors (Lipinski definition) is 2. The predicted octanol–water partition coefficient (Wildman–Crippen LogP) is 11.3. The Labute approximate surface area is 257 Å². The molecule has 0 radical (unpaired) electrons. The van der Waals surface area contributed by atoms with Gasteiger partial charge in [0, 0.05) is 0 Å². The van der Waals surface area contributed by atoms with E-state index in [9.17, 15) is 19.8 Å². The molecule has 0 saturated carbocycles. The fourth-order valence-electron chi connectivity index (χ4n) is 4.64. The molecule has 0 aliphatic rings. The van der Waals surface area contributed by atoms with E-state index in [-0.39, 0.29) is 0 Å². The largest absolute Gasteiger partial charge is 0.481 e. The maximum atomic E-state index is 11.9. The summed E-state index contributed by atoms with van der Waals surface area (Å²) in [5.41, 5.74) is 0. The molecule has 0 spiro atoms. The average molecular weight is 581 g/mol. The van der Waals surface area contributed by atoms with Crippen molar-refractivity contribution in [3.05, 3.63) is 85.1 Å². The lowest BCUT2D eigenvalue weighted by Gasteiger charge is -2.20. The Morgan fingerprint density at radius 2 is 0.833 bits per heavy atom. The summed E-state index contributed by atoms with van der Waals surface area (Å²) < 4.78 is 0. The van der Waals surface area contributed by atoms with E-state index in [4.69, 9.17) is 0 Å². The molecule has 0 fully saturated rings. The van der Waals surface area contributed by atoms with Crippen LogP contribution in [-0.4, -0.2) is 22.2 Å². The Bertz CT molecular complexity index is 856. The summed E-state index contributed by atoms with van der Waals surface area (Å²) in [5, 5.41) is 19.4. The van der Waals surface area contributed by atoms with E-state index in [1.54, 1.807) is 0 Å². The molecule has 42 heavy (non-hydrogen) atoms. The number of rotatable bonds is 28. The first-order valence-electron chi connectivity index (χ1n) is 16.5. The standard InChI is InChI=1S/C38H60O4/c1-3-5-7-9-11-13-15-17-19-20-22-24-26-28-30-32-34-36(38(41)42)35(37(39)40)33-31-29-27-25-23-21-18-16-14-12-10-8-6-4-2/h6,8,11-14,17-19,21-22,24,28,30,35-36H,3-5,7,9-10,15-16,20,23,25-27,29,31-34H2,1-2H3,(H,39,40)(H,41,42)/b8-6-,13-11-,14-12-,19-17-,21-18-,24-22-,30-28-. The summed E-state index contributed by atoms with van der Waals surface area (Å²) in [5.74, 6) is -3.66. The van der Waals surface area contributed by atoms with Crippen LogP contribution in [0.4, 0.5) is 0 Å². The van der Waals surface area contributed by atoms with Gasteiger partial charge in [0.1, 0.15) is 0 Å². The number of carboxylic acid groups (broad SMARTS) is 2. The summed E-state index contributed by atoms with van der Waals surface area (Å²) in [6, 6.07) is 0. The van der Waals surface area contributed by atoms with Crippen LogP contribution in [0.15, 0.2) is 85.1 Å². The van der Waals surface area contributed by atoms with E-state index >= 15 is 0 Å². The van der Waals surface area contributed by atoms with Gasteiger partial charge in [-0.05, 0) is 83.5 Å². The van der Waals surface area contributed by atoms with Gasteiger partial charge >= 0.3 is 11.9 Å². The monoisotopic (exact) mass is 580 g/mol. The second kappa shape index (κ2) is 31.1. The summed E-state index contributed by atoms with van der Waals surface area (Å²) in [6.07, 6.45) is 47.2. The van der Waals surface area contributed by atoms with Gasteiger partial charge in [-0.3, -0.25) is 9.59 Å². The Kier molecular flexibility index (Phi) is 28.9. The molecule has 4 heteroatoms. The number of hydrogen-bond donors (Lipinski definition) is 2. The van der Waals surface area contributed by atoms with Crippen LogP contribution in [0.1, 0.15) is 129 Å². The van der Waals surface area contributed by atoms with Crippen LogP contribution in [0.5, 0.6) is 0 Å². The molecule has 236 valence electrons. The van der Waals surface area contributed by atoms with Crippen LogP contribution >= 0.6 is 0 Å². The van der Waals surface area contributed by atoms with Gasteiger partial charge in [-0.25, -0.2) is 0 Å². The van der Waals surface area contributed by atoms with Crippen LogP contribution in [0.25, 0.3) is 0 Å². The van der Waals surface area contributed by atoms with Crippen LogP contribution in [0.3, 0.4) is 0 Å². The Morgan fingerprint density at radius 1 is 0.452 bits per heavy atom. The average Bonchev–Trinajstić information content (AvgIpc) is 2.97. The third-order valence-electron chi connectivity index (χ3n) is 7.14. The van der Waals surface area contributed by atoms with E-state index in [0.717, 1.165) is 70.6 Å². The third-order valence-corrected chi connectivity index (χ3v) is 7.14. The van der Waals surface area contributed by atoms with E-state index in [1.807, 2.05) is 12.2 Å². The fourth-order valence-corrected chi connectivity index (χ4v) is 4.64.